The van der Waals surface area contributed by atoms with Crippen molar-refractivity contribution in [3.8, 4) is 11.8 Å². The van der Waals surface area contributed by atoms with E-state index in [-0.39, 0.29) is 22.9 Å². The number of methoxy groups -OCH3 is 1. The van der Waals surface area contributed by atoms with Crippen molar-refractivity contribution >= 4 is 21.6 Å². The van der Waals surface area contributed by atoms with Gasteiger partial charge in [-0.2, -0.15) is 5.26 Å². The fourth-order valence-corrected chi connectivity index (χ4v) is 2.52. The van der Waals surface area contributed by atoms with Crippen LogP contribution in [0.5, 0.6) is 5.75 Å². The molecule has 0 heterocycles. The average molecular weight is 275 g/mol. The highest BCUT2D eigenvalue weighted by atomic mass is 35.5. The van der Waals surface area contributed by atoms with Crippen LogP contribution in [0.1, 0.15) is 6.42 Å². The quantitative estimate of drug-likeness (QED) is 0.826. The van der Waals surface area contributed by atoms with Gasteiger partial charge in [0.2, 0.25) is 10.0 Å². The van der Waals surface area contributed by atoms with E-state index < -0.39 is 10.0 Å². The Labute approximate surface area is 105 Å². The van der Waals surface area contributed by atoms with Crippen LogP contribution >= 0.6 is 11.6 Å². The molecule has 0 aliphatic heterocycles. The van der Waals surface area contributed by atoms with E-state index in [1.54, 1.807) is 0 Å². The molecule has 7 heteroatoms. The van der Waals surface area contributed by atoms with Crippen molar-refractivity contribution in [3.63, 3.8) is 0 Å². The van der Waals surface area contributed by atoms with Gasteiger partial charge in [0.1, 0.15) is 5.75 Å². The largest absolute Gasteiger partial charge is 0.495 e. The fourth-order valence-electron chi connectivity index (χ4n) is 1.14. The molecule has 0 radical (unpaired) electrons. The molecule has 0 spiro atoms. The molecule has 0 atom stereocenters. The van der Waals surface area contributed by atoms with E-state index in [0.717, 1.165) is 0 Å². The average Bonchev–Trinajstić information content (AvgIpc) is 2.29. The molecule has 92 valence electrons. The molecule has 0 fully saturated rings. The summed E-state index contributed by atoms with van der Waals surface area (Å²) < 4.78 is 30.7. The summed E-state index contributed by atoms with van der Waals surface area (Å²) in [6, 6.07) is 6.01. The molecule has 0 amide bonds. The molecule has 0 bridgehead atoms. The van der Waals surface area contributed by atoms with Gasteiger partial charge >= 0.3 is 0 Å². The Bertz CT molecular complexity index is 537. The van der Waals surface area contributed by atoms with Gasteiger partial charge in [-0.05, 0) is 18.2 Å². The Kier molecular flexibility index (Phi) is 4.75. The number of nitrogens with zero attached hydrogens (tertiary/aromatic N) is 1. The monoisotopic (exact) mass is 274 g/mol. The lowest BCUT2D eigenvalue weighted by atomic mass is 10.3. The Morgan fingerprint density at radius 3 is 2.76 bits per heavy atom. The highest BCUT2D eigenvalue weighted by molar-refractivity contribution is 7.89. The van der Waals surface area contributed by atoms with Gasteiger partial charge in [-0.3, -0.25) is 0 Å². The van der Waals surface area contributed by atoms with Gasteiger partial charge in [-0.1, -0.05) is 11.6 Å². The van der Waals surface area contributed by atoms with Crippen LogP contribution in [0.25, 0.3) is 0 Å². The van der Waals surface area contributed by atoms with Crippen molar-refractivity contribution < 1.29 is 13.2 Å². The van der Waals surface area contributed by atoms with Gasteiger partial charge in [0.25, 0.3) is 0 Å². The number of halogens is 1. The van der Waals surface area contributed by atoms with E-state index in [9.17, 15) is 8.42 Å². The van der Waals surface area contributed by atoms with Crippen molar-refractivity contribution in [2.45, 2.75) is 11.3 Å². The lowest BCUT2D eigenvalue weighted by Crippen LogP contribution is -2.24. The molecular formula is C10H11ClN2O3S. The summed E-state index contributed by atoms with van der Waals surface area (Å²) in [5.74, 6) is 0.405. The third-order valence-corrected chi connectivity index (χ3v) is 3.72. The maximum atomic E-state index is 11.7. The number of ether oxygens (including phenoxy) is 1. The first-order valence-electron chi connectivity index (χ1n) is 4.71. The Morgan fingerprint density at radius 2 is 2.24 bits per heavy atom. The summed E-state index contributed by atoms with van der Waals surface area (Å²) >= 11 is 5.83. The molecule has 0 aromatic heterocycles. The number of sulfonamides is 1. The normalized spacial score (nSPS) is 10.9. The Hall–Kier alpha value is -1.29. The van der Waals surface area contributed by atoms with Crippen LogP contribution in [0.2, 0.25) is 5.02 Å². The first-order valence-corrected chi connectivity index (χ1v) is 6.57. The third-order valence-electron chi connectivity index (χ3n) is 1.96. The summed E-state index contributed by atoms with van der Waals surface area (Å²) in [7, 11) is -2.18. The van der Waals surface area contributed by atoms with Crippen molar-refractivity contribution in [2.24, 2.45) is 0 Å². The molecular weight excluding hydrogens is 264 g/mol. The van der Waals surface area contributed by atoms with Crippen molar-refractivity contribution in [3.05, 3.63) is 23.2 Å². The maximum Gasteiger partial charge on any atom is 0.240 e. The van der Waals surface area contributed by atoms with E-state index in [1.165, 1.54) is 25.3 Å². The van der Waals surface area contributed by atoms with E-state index >= 15 is 0 Å². The van der Waals surface area contributed by atoms with Crippen LogP contribution < -0.4 is 9.46 Å². The zero-order valence-electron chi connectivity index (χ0n) is 9.10. The van der Waals surface area contributed by atoms with Gasteiger partial charge in [0.05, 0.1) is 23.1 Å². The number of rotatable bonds is 5. The number of nitrogens with one attached hydrogen (secondary N) is 1. The Balaban J connectivity index is 2.93. The molecule has 0 aliphatic rings. The molecule has 1 aromatic rings. The predicted octanol–water partition coefficient (Wildman–Crippen LogP) is 1.54. The number of hydrogen-bond acceptors (Lipinski definition) is 4. The molecule has 0 unspecified atom stereocenters. The van der Waals surface area contributed by atoms with Crippen LogP contribution in [-0.2, 0) is 10.0 Å². The zero-order valence-corrected chi connectivity index (χ0v) is 10.7. The van der Waals surface area contributed by atoms with E-state index in [2.05, 4.69) is 4.72 Å². The van der Waals surface area contributed by atoms with Crippen LogP contribution in [-0.4, -0.2) is 22.1 Å². The highest BCUT2D eigenvalue weighted by Crippen LogP contribution is 2.26. The molecule has 1 aromatic carbocycles. The molecule has 17 heavy (non-hydrogen) atoms. The first kappa shape index (κ1) is 13.8. The molecule has 1 N–H and O–H groups in total. The second-order valence-electron chi connectivity index (χ2n) is 3.10. The predicted molar refractivity (Wildman–Crippen MR) is 63.4 cm³/mol. The zero-order chi connectivity index (χ0) is 12.9. The van der Waals surface area contributed by atoms with E-state index in [0.29, 0.717) is 5.75 Å². The smallest absolute Gasteiger partial charge is 0.240 e. The van der Waals surface area contributed by atoms with Gasteiger partial charge in [0.15, 0.2) is 0 Å². The summed E-state index contributed by atoms with van der Waals surface area (Å²) in [6.07, 6.45) is 0.114. The standard InChI is InChI=1S/C10H11ClN2O3S/c1-16-10-4-3-8(7-9(10)11)17(14,15)13-6-2-5-12/h3-4,7,13H,2,6H2,1H3. The van der Waals surface area contributed by atoms with Crippen LogP contribution in [0.4, 0.5) is 0 Å². The third kappa shape index (κ3) is 3.60. The maximum absolute atomic E-state index is 11.7. The van der Waals surface area contributed by atoms with Crippen molar-refractivity contribution in [1.29, 1.82) is 5.26 Å². The minimum atomic E-state index is -3.62. The number of benzene rings is 1. The lowest BCUT2D eigenvalue weighted by molar-refractivity contribution is 0.414. The van der Waals surface area contributed by atoms with Crippen molar-refractivity contribution in [1.82, 2.24) is 4.72 Å². The lowest BCUT2D eigenvalue weighted by Gasteiger charge is -2.07. The topological polar surface area (TPSA) is 79.2 Å². The molecule has 5 nitrogen and oxygen atoms in total. The minimum Gasteiger partial charge on any atom is -0.495 e. The second kappa shape index (κ2) is 5.87. The van der Waals surface area contributed by atoms with Crippen LogP contribution in [0.15, 0.2) is 23.1 Å². The van der Waals surface area contributed by atoms with Crippen LogP contribution in [0.3, 0.4) is 0 Å². The summed E-state index contributed by atoms with van der Waals surface area (Å²) in [5, 5.41) is 8.54. The second-order valence-corrected chi connectivity index (χ2v) is 5.28. The minimum absolute atomic E-state index is 0.0428. The molecule has 0 aliphatic carbocycles. The highest BCUT2D eigenvalue weighted by Gasteiger charge is 2.15. The van der Waals surface area contributed by atoms with Gasteiger partial charge in [-0.15, -0.1) is 0 Å². The van der Waals surface area contributed by atoms with Gasteiger partial charge in [0, 0.05) is 13.0 Å². The molecule has 1 rings (SSSR count). The van der Waals surface area contributed by atoms with Gasteiger partial charge < -0.3 is 4.74 Å². The van der Waals surface area contributed by atoms with Gasteiger partial charge in [-0.25, -0.2) is 13.1 Å². The number of hydrogen-bond donors (Lipinski definition) is 1. The fraction of sp³-hybridized carbons (Fsp3) is 0.300. The van der Waals surface area contributed by atoms with E-state index in [4.69, 9.17) is 21.6 Å². The number of nitriles is 1. The van der Waals surface area contributed by atoms with Crippen molar-refractivity contribution in [2.75, 3.05) is 13.7 Å². The molecule has 0 saturated carbocycles. The summed E-state index contributed by atoms with van der Waals surface area (Å²) in [4.78, 5) is 0.0428. The Morgan fingerprint density at radius 1 is 1.53 bits per heavy atom. The molecule has 0 saturated heterocycles. The first-order chi connectivity index (χ1) is 8.01. The summed E-state index contributed by atoms with van der Waals surface area (Å²) in [5.41, 5.74) is 0. The van der Waals surface area contributed by atoms with E-state index in [1.807, 2.05) is 6.07 Å². The SMILES string of the molecule is COc1ccc(S(=O)(=O)NCCC#N)cc1Cl. The summed E-state index contributed by atoms with van der Waals surface area (Å²) in [6.45, 7) is 0.0719. The van der Waals surface area contributed by atoms with Crippen LogP contribution in [0, 0.1) is 11.3 Å².